The molecular formula is C16H16Cl2N2O3S2. The molecule has 1 aliphatic carbocycles. The Labute approximate surface area is 160 Å². The normalized spacial score (nSPS) is 14.6. The number of hydrogen-bond donors (Lipinski definition) is 2. The van der Waals surface area contributed by atoms with Gasteiger partial charge in [0.2, 0.25) is 0 Å². The van der Waals surface area contributed by atoms with Crippen LogP contribution in [0.15, 0.2) is 29.2 Å². The first-order valence-electron chi connectivity index (χ1n) is 7.75. The topological polar surface area (TPSA) is 75.3 Å². The average Bonchev–Trinajstić information content (AvgIpc) is 2.86. The molecule has 0 saturated heterocycles. The van der Waals surface area contributed by atoms with Crippen molar-refractivity contribution in [2.75, 3.05) is 0 Å². The number of benzene rings is 1. The molecule has 0 fully saturated rings. The number of amides is 1. The first-order valence-corrected chi connectivity index (χ1v) is 10.8. The highest BCUT2D eigenvalue weighted by Crippen LogP contribution is 2.29. The van der Waals surface area contributed by atoms with Gasteiger partial charge in [-0.15, -0.1) is 16.2 Å². The van der Waals surface area contributed by atoms with Crippen LogP contribution in [0.2, 0.25) is 10.0 Å². The Kier molecular flexibility index (Phi) is 5.70. The molecule has 1 heterocycles. The summed E-state index contributed by atoms with van der Waals surface area (Å²) in [5.74, 6) is -0.486. The number of carbonyl (C=O) groups is 1. The van der Waals surface area contributed by atoms with E-state index in [-0.39, 0.29) is 14.9 Å². The van der Waals surface area contributed by atoms with E-state index >= 15 is 0 Å². The van der Waals surface area contributed by atoms with Crippen molar-refractivity contribution in [2.24, 2.45) is 0 Å². The van der Waals surface area contributed by atoms with Crippen molar-refractivity contribution >= 4 is 50.5 Å². The van der Waals surface area contributed by atoms with E-state index in [4.69, 9.17) is 23.2 Å². The minimum atomic E-state index is -4.02. The van der Waals surface area contributed by atoms with Crippen LogP contribution < -0.4 is 10.3 Å². The number of nitrogens with one attached hydrogen (secondary N) is 2. The van der Waals surface area contributed by atoms with Crippen molar-refractivity contribution < 1.29 is 13.2 Å². The lowest BCUT2D eigenvalue weighted by molar-refractivity contribution is 0.0949. The summed E-state index contributed by atoms with van der Waals surface area (Å²) in [5, 5.41) is 0.257. The third-order valence-corrected chi connectivity index (χ3v) is 7.15. The summed E-state index contributed by atoms with van der Waals surface area (Å²) in [7, 11) is -4.02. The zero-order chi connectivity index (χ0) is 18.0. The molecular weight excluding hydrogens is 403 g/mol. The van der Waals surface area contributed by atoms with Crippen LogP contribution in [0.5, 0.6) is 0 Å². The zero-order valence-corrected chi connectivity index (χ0v) is 16.3. The van der Waals surface area contributed by atoms with Crippen LogP contribution in [0.4, 0.5) is 0 Å². The molecule has 2 aromatic rings. The lowest BCUT2D eigenvalue weighted by Crippen LogP contribution is -2.41. The van der Waals surface area contributed by atoms with E-state index < -0.39 is 15.9 Å². The second-order valence-corrected chi connectivity index (χ2v) is 9.39. The molecule has 9 heteroatoms. The maximum absolute atomic E-state index is 12.3. The summed E-state index contributed by atoms with van der Waals surface area (Å²) in [6.07, 6.45) is 5.36. The van der Waals surface area contributed by atoms with E-state index in [0.29, 0.717) is 4.88 Å². The minimum Gasteiger partial charge on any atom is -0.273 e. The van der Waals surface area contributed by atoms with Gasteiger partial charge in [0.25, 0.3) is 15.9 Å². The lowest BCUT2D eigenvalue weighted by atomic mass is 10.1. The standard InChI is InChI=1S/C16H16Cl2N2O3S2/c17-11-6-7-12(18)15(9-11)25(22,23)20-19-16(21)14-8-10-4-2-1-3-5-13(10)24-14/h6-9,20H,1-5H2,(H,19,21). The number of rotatable bonds is 4. The monoisotopic (exact) mass is 418 g/mol. The van der Waals surface area contributed by atoms with Crippen molar-refractivity contribution in [3.63, 3.8) is 0 Å². The highest BCUT2D eigenvalue weighted by Gasteiger charge is 2.21. The Bertz CT molecular complexity index is 887. The molecule has 0 unspecified atom stereocenters. The number of hydrazine groups is 1. The summed E-state index contributed by atoms with van der Waals surface area (Å²) >= 11 is 13.1. The van der Waals surface area contributed by atoms with E-state index in [9.17, 15) is 13.2 Å². The van der Waals surface area contributed by atoms with Gasteiger partial charge in [-0.2, -0.15) is 0 Å². The van der Waals surface area contributed by atoms with Gasteiger partial charge in [-0.25, -0.2) is 8.42 Å². The van der Waals surface area contributed by atoms with E-state index in [2.05, 4.69) is 10.3 Å². The zero-order valence-electron chi connectivity index (χ0n) is 13.1. The molecule has 1 aromatic carbocycles. The third kappa shape index (κ3) is 4.35. The highest BCUT2D eigenvalue weighted by molar-refractivity contribution is 7.89. The van der Waals surface area contributed by atoms with Crippen molar-refractivity contribution in [3.05, 3.63) is 49.6 Å². The van der Waals surface area contributed by atoms with Gasteiger partial charge >= 0.3 is 0 Å². The van der Waals surface area contributed by atoms with Crippen molar-refractivity contribution in [2.45, 2.75) is 37.0 Å². The smallest absolute Gasteiger partial charge is 0.273 e. The molecule has 3 rings (SSSR count). The third-order valence-electron chi connectivity index (χ3n) is 3.95. The average molecular weight is 419 g/mol. The molecule has 25 heavy (non-hydrogen) atoms. The van der Waals surface area contributed by atoms with Crippen LogP contribution >= 0.6 is 34.5 Å². The first kappa shape index (κ1) is 18.7. The maximum atomic E-state index is 12.3. The molecule has 0 saturated carbocycles. The van der Waals surface area contributed by atoms with Gasteiger partial charge in [0.05, 0.1) is 9.90 Å². The molecule has 1 amide bonds. The predicted molar refractivity (Wildman–Crippen MR) is 99.8 cm³/mol. The predicted octanol–water partition coefficient (Wildman–Crippen LogP) is 3.95. The lowest BCUT2D eigenvalue weighted by Gasteiger charge is -2.09. The summed E-state index contributed by atoms with van der Waals surface area (Å²) in [6.45, 7) is 0. The summed E-state index contributed by atoms with van der Waals surface area (Å²) in [4.78, 5) is 15.9. The molecule has 1 aliphatic rings. The van der Waals surface area contributed by atoms with Gasteiger partial charge in [-0.3, -0.25) is 10.2 Å². The van der Waals surface area contributed by atoms with Crippen LogP contribution in [-0.2, 0) is 22.9 Å². The SMILES string of the molecule is O=C(NNS(=O)(=O)c1cc(Cl)ccc1Cl)c1cc2c(s1)CCCCC2. The Morgan fingerprint density at radius 1 is 1.08 bits per heavy atom. The van der Waals surface area contributed by atoms with Gasteiger partial charge in [0.1, 0.15) is 4.90 Å². The van der Waals surface area contributed by atoms with Gasteiger partial charge in [0, 0.05) is 9.90 Å². The van der Waals surface area contributed by atoms with Gasteiger partial charge in [0.15, 0.2) is 0 Å². The molecule has 5 nitrogen and oxygen atoms in total. The number of aryl methyl sites for hydroxylation is 2. The number of hydrogen-bond acceptors (Lipinski definition) is 4. The van der Waals surface area contributed by atoms with Crippen molar-refractivity contribution in [1.29, 1.82) is 0 Å². The maximum Gasteiger partial charge on any atom is 0.276 e. The Hall–Kier alpha value is -1.12. The van der Waals surface area contributed by atoms with Gasteiger partial charge in [-0.05, 0) is 55.5 Å². The molecule has 0 spiro atoms. The van der Waals surface area contributed by atoms with Gasteiger partial charge < -0.3 is 0 Å². The molecule has 2 N–H and O–H groups in total. The summed E-state index contributed by atoms with van der Waals surface area (Å²) in [6, 6.07) is 5.95. The number of sulfonamides is 1. The van der Waals surface area contributed by atoms with Crippen molar-refractivity contribution in [1.82, 2.24) is 10.3 Å². The van der Waals surface area contributed by atoms with E-state index in [1.165, 1.54) is 46.4 Å². The molecule has 134 valence electrons. The number of carbonyl (C=O) groups excluding carboxylic acids is 1. The first-order chi connectivity index (χ1) is 11.9. The Morgan fingerprint density at radius 3 is 2.64 bits per heavy atom. The van der Waals surface area contributed by atoms with E-state index in [1.807, 2.05) is 6.07 Å². The second kappa shape index (κ2) is 7.63. The largest absolute Gasteiger partial charge is 0.276 e. The van der Waals surface area contributed by atoms with E-state index in [1.54, 1.807) is 0 Å². The van der Waals surface area contributed by atoms with Crippen LogP contribution in [0.1, 0.15) is 39.4 Å². The van der Waals surface area contributed by atoms with E-state index in [0.717, 1.165) is 25.7 Å². The fourth-order valence-corrected chi connectivity index (χ4v) is 5.44. The molecule has 0 atom stereocenters. The Morgan fingerprint density at radius 2 is 1.84 bits per heavy atom. The fraction of sp³-hybridized carbons (Fsp3) is 0.312. The fourth-order valence-electron chi connectivity index (χ4n) is 2.69. The second-order valence-electron chi connectivity index (χ2n) is 5.75. The molecule has 0 radical (unpaired) electrons. The highest BCUT2D eigenvalue weighted by atomic mass is 35.5. The molecule has 1 aromatic heterocycles. The van der Waals surface area contributed by atoms with Crippen LogP contribution in [0, 0.1) is 0 Å². The van der Waals surface area contributed by atoms with Crippen LogP contribution in [-0.4, -0.2) is 14.3 Å². The molecule has 0 bridgehead atoms. The summed E-state index contributed by atoms with van der Waals surface area (Å²) in [5.41, 5.74) is 3.43. The quantitative estimate of drug-likeness (QED) is 0.582. The van der Waals surface area contributed by atoms with Crippen LogP contribution in [0.3, 0.4) is 0 Å². The molecule has 0 aliphatic heterocycles. The van der Waals surface area contributed by atoms with Crippen molar-refractivity contribution in [3.8, 4) is 0 Å². The summed E-state index contributed by atoms with van der Waals surface area (Å²) < 4.78 is 24.6. The minimum absolute atomic E-state index is 0.0222. The number of fused-ring (bicyclic) bond motifs is 1. The van der Waals surface area contributed by atoms with Crippen LogP contribution in [0.25, 0.3) is 0 Å². The number of thiophene rings is 1. The number of halogens is 2. The van der Waals surface area contributed by atoms with Gasteiger partial charge in [-0.1, -0.05) is 29.6 Å². The Balaban J connectivity index is 1.72.